The topological polar surface area (TPSA) is 97.7 Å². The van der Waals surface area contributed by atoms with Crippen LogP contribution in [0.1, 0.15) is 35.3 Å². The van der Waals surface area contributed by atoms with E-state index in [0.29, 0.717) is 39.9 Å². The normalized spacial score (nSPS) is 10.8. The van der Waals surface area contributed by atoms with Gasteiger partial charge < -0.3 is 19.5 Å². The van der Waals surface area contributed by atoms with Gasteiger partial charge in [-0.25, -0.2) is 4.79 Å². The maximum absolute atomic E-state index is 12.7. The molecule has 7 nitrogen and oxygen atoms in total. The van der Waals surface area contributed by atoms with Crippen molar-refractivity contribution in [3.8, 4) is 17.6 Å². The molecule has 3 rings (SSSR count). The summed E-state index contributed by atoms with van der Waals surface area (Å²) in [6.45, 7) is 4.37. The lowest BCUT2D eigenvalue weighted by atomic mass is 10.1. The van der Waals surface area contributed by atoms with Crippen LogP contribution in [0.15, 0.2) is 66.2 Å². The molecule has 0 saturated carbocycles. The van der Waals surface area contributed by atoms with E-state index in [-0.39, 0.29) is 23.8 Å². The van der Waals surface area contributed by atoms with Crippen LogP contribution in [-0.4, -0.2) is 25.1 Å². The molecule has 0 spiro atoms. The van der Waals surface area contributed by atoms with Crippen molar-refractivity contribution in [2.45, 2.75) is 20.5 Å². The van der Waals surface area contributed by atoms with Gasteiger partial charge in [-0.2, -0.15) is 5.26 Å². The molecule has 37 heavy (non-hydrogen) atoms. The SMILES string of the molecule is CCOC(=O)c1ccc(NC(=O)/C(C#N)=C/c2cc(Cl)c(OCc3cccc(Cl)c3)c(OCC)c2)cc1. The van der Waals surface area contributed by atoms with Gasteiger partial charge in [0.1, 0.15) is 18.2 Å². The van der Waals surface area contributed by atoms with E-state index < -0.39 is 11.9 Å². The van der Waals surface area contributed by atoms with Crippen LogP contribution in [0.3, 0.4) is 0 Å². The van der Waals surface area contributed by atoms with Crippen molar-refractivity contribution in [2.24, 2.45) is 0 Å². The minimum Gasteiger partial charge on any atom is -0.490 e. The number of hydrogen-bond donors (Lipinski definition) is 1. The summed E-state index contributed by atoms with van der Waals surface area (Å²) in [5.41, 5.74) is 1.95. The van der Waals surface area contributed by atoms with Crippen molar-refractivity contribution in [2.75, 3.05) is 18.5 Å². The molecule has 190 valence electrons. The number of anilines is 1. The Morgan fingerprint density at radius 2 is 1.76 bits per heavy atom. The number of hydrogen-bond acceptors (Lipinski definition) is 6. The zero-order valence-corrected chi connectivity index (χ0v) is 21.7. The first-order valence-electron chi connectivity index (χ1n) is 11.4. The van der Waals surface area contributed by atoms with Gasteiger partial charge in [0.15, 0.2) is 11.5 Å². The Labute approximate surface area is 225 Å². The number of benzene rings is 3. The number of nitrogens with one attached hydrogen (secondary N) is 1. The summed E-state index contributed by atoms with van der Waals surface area (Å²) >= 11 is 12.5. The first kappa shape index (κ1) is 27.6. The van der Waals surface area contributed by atoms with Crippen LogP contribution in [-0.2, 0) is 16.1 Å². The van der Waals surface area contributed by atoms with Gasteiger partial charge in [-0.3, -0.25) is 4.79 Å². The molecule has 0 aliphatic carbocycles. The van der Waals surface area contributed by atoms with Gasteiger partial charge in [-0.15, -0.1) is 0 Å². The molecule has 1 amide bonds. The van der Waals surface area contributed by atoms with Crippen LogP contribution in [0.2, 0.25) is 10.0 Å². The van der Waals surface area contributed by atoms with E-state index in [0.717, 1.165) is 5.56 Å². The van der Waals surface area contributed by atoms with Crippen molar-refractivity contribution >= 4 is 46.8 Å². The molecule has 3 aromatic carbocycles. The summed E-state index contributed by atoms with van der Waals surface area (Å²) in [6, 6.07) is 18.5. The lowest BCUT2D eigenvalue weighted by molar-refractivity contribution is -0.112. The number of amides is 1. The second kappa shape index (κ2) is 13.4. The van der Waals surface area contributed by atoms with E-state index in [1.54, 1.807) is 43.3 Å². The quantitative estimate of drug-likeness (QED) is 0.175. The minimum absolute atomic E-state index is 0.152. The molecule has 0 unspecified atom stereocenters. The molecule has 3 aromatic rings. The molecule has 0 aliphatic rings. The Kier molecular flexibility index (Phi) is 9.96. The van der Waals surface area contributed by atoms with Crippen LogP contribution in [0.25, 0.3) is 6.08 Å². The second-order valence-electron chi connectivity index (χ2n) is 7.60. The summed E-state index contributed by atoms with van der Waals surface area (Å²) in [5.74, 6) is -0.373. The predicted molar refractivity (Wildman–Crippen MR) is 143 cm³/mol. The molecule has 0 aromatic heterocycles. The lowest BCUT2D eigenvalue weighted by Gasteiger charge is -2.15. The monoisotopic (exact) mass is 538 g/mol. The van der Waals surface area contributed by atoms with E-state index in [2.05, 4.69) is 5.32 Å². The smallest absolute Gasteiger partial charge is 0.338 e. The van der Waals surface area contributed by atoms with Crippen molar-refractivity contribution in [1.82, 2.24) is 0 Å². The maximum Gasteiger partial charge on any atom is 0.338 e. The van der Waals surface area contributed by atoms with Gasteiger partial charge in [-0.05, 0) is 79.6 Å². The van der Waals surface area contributed by atoms with E-state index >= 15 is 0 Å². The van der Waals surface area contributed by atoms with Crippen LogP contribution in [0, 0.1) is 11.3 Å². The molecule has 0 heterocycles. The van der Waals surface area contributed by atoms with Crippen LogP contribution >= 0.6 is 23.2 Å². The van der Waals surface area contributed by atoms with Crippen molar-refractivity contribution in [3.63, 3.8) is 0 Å². The van der Waals surface area contributed by atoms with Gasteiger partial charge in [-0.1, -0.05) is 35.3 Å². The molecule has 0 fully saturated rings. The molecule has 9 heteroatoms. The van der Waals surface area contributed by atoms with E-state index in [9.17, 15) is 14.9 Å². The number of nitriles is 1. The Morgan fingerprint density at radius 3 is 2.41 bits per heavy atom. The summed E-state index contributed by atoms with van der Waals surface area (Å²) < 4.78 is 16.6. The highest BCUT2D eigenvalue weighted by Gasteiger charge is 2.15. The van der Waals surface area contributed by atoms with E-state index in [1.807, 2.05) is 25.1 Å². The molecule has 0 radical (unpaired) electrons. The molecular formula is C28H24Cl2N2O5. The van der Waals surface area contributed by atoms with Gasteiger partial charge >= 0.3 is 5.97 Å². The average molecular weight is 539 g/mol. The standard InChI is InChI=1S/C28H24Cl2N2O5/c1-3-35-25-15-19(14-24(30)26(25)37-17-18-6-5-7-22(29)13-18)12-21(16-31)27(33)32-23-10-8-20(9-11-23)28(34)36-4-2/h5-15H,3-4,17H2,1-2H3,(H,32,33)/b21-12+. The number of carbonyl (C=O) groups is 2. The lowest BCUT2D eigenvalue weighted by Crippen LogP contribution is -2.13. The third kappa shape index (κ3) is 7.74. The fraction of sp³-hybridized carbons (Fsp3) is 0.179. The molecule has 0 saturated heterocycles. The zero-order valence-electron chi connectivity index (χ0n) is 20.2. The summed E-state index contributed by atoms with van der Waals surface area (Å²) in [4.78, 5) is 24.5. The second-order valence-corrected chi connectivity index (χ2v) is 8.45. The number of halogens is 2. The first-order valence-corrected chi connectivity index (χ1v) is 12.1. The highest BCUT2D eigenvalue weighted by molar-refractivity contribution is 6.32. The van der Waals surface area contributed by atoms with Crippen molar-refractivity contribution < 1.29 is 23.8 Å². The Balaban J connectivity index is 1.79. The zero-order chi connectivity index (χ0) is 26.8. The number of rotatable bonds is 10. The van der Waals surface area contributed by atoms with Crippen LogP contribution < -0.4 is 14.8 Å². The molecule has 0 bridgehead atoms. The van der Waals surface area contributed by atoms with Crippen LogP contribution in [0.4, 0.5) is 5.69 Å². The third-order valence-corrected chi connectivity index (χ3v) is 5.45. The molecule has 0 aliphatic heterocycles. The Bertz CT molecular complexity index is 1350. The van der Waals surface area contributed by atoms with Crippen LogP contribution in [0.5, 0.6) is 11.5 Å². The number of carbonyl (C=O) groups excluding carboxylic acids is 2. The number of nitrogens with zero attached hydrogens (tertiary/aromatic N) is 1. The van der Waals surface area contributed by atoms with E-state index in [1.165, 1.54) is 18.2 Å². The summed E-state index contributed by atoms with van der Waals surface area (Å²) in [7, 11) is 0. The van der Waals surface area contributed by atoms with Gasteiger partial charge in [0.2, 0.25) is 0 Å². The average Bonchev–Trinajstić information content (AvgIpc) is 2.87. The number of esters is 1. The van der Waals surface area contributed by atoms with Crippen molar-refractivity contribution in [1.29, 1.82) is 5.26 Å². The highest BCUT2D eigenvalue weighted by atomic mass is 35.5. The molecular weight excluding hydrogens is 515 g/mol. The number of ether oxygens (including phenoxy) is 3. The molecule has 0 atom stereocenters. The predicted octanol–water partition coefficient (Wildman–Crippen LogP) is 6.69. The van der Waals surface area contributed by atoms with Crippen molar-refractivity contribution in [3.05, 3.63) is 93.0 Å². The maximum atomic E-state index is 12.7. The summed E-state index contributed by atoms with van der Waals surface area (Å²) in [6.07, 6.45) is 1.40. The van der Waals surface area contributed by atoms with Gasteiger partial charge in [0, 0.05) is 10.7 Å². The largest absolute Gasteiger partial charge is 0.490 e. The minimum atomic E-state index is -0.623. The Morgan fingerprint density at radius 1 is 1.00 bits per heavy atom. The highest BCUT2D eigenvalue weighted by Crippen LogP contribution is 2.38. The summed E-state index contributed by atoms with van der Waals surface area (Å²) in [5, 5.41) is 13.1. The van der Waals surface area contributed by atoms with E-state index in [4.69, 9.17) is 37.4 Å². The van der Waals surface area contributed by atoms with Gasteiger partial charge in [0.05, 0.1) is 23.8 Å². The fourth-order valence-corrected chi connectivity index (χ4v) is 3.76. The third-order valence-electron chi connectivity index (χ3n) is 4.93. The Hall–Kier alpha value is -3.99. The fourth-order valence-electron chi connectivity index (χ4n) is 3.27. The van der Waals surface area contributed by atoms with Gasteiger partial charge in [0.25, 0.3) is 5.91 Å². The first-order chi connectivity index (χ1) is 17.8. The molecule has 1 N–H and O–H groups in total.